The molecule has 1 aliphatic rings. The second kappa shape index (κ2) is 7.14. The van der Waals surface area contributed by atoms with Crippen LogP contribution in [0.1, 0.15) is 44.8 Å². The minimum Gasteiger partial charge on any atom is -0.312 e. The zero-order valence-corrected chi connectivity index (χ0v) is 12.8. The molecule has 3 unspecified atom stereocenters. The summed E-state index contributed by atoms with van der Waals surface area (Å²) >= 11 is 0. The Balaban J connectivity index is 1.91. The van der Waals surface area contributed by atoms with E-state index >= 15 is 0 Å². The second-order valence-corrected chi connectivity index (χ2v) is 6.06. The fraction of sp³-hybridized carbons (Fsp3) is 0.688. The van der Waals surface area contributed by atoms with Crippen molar-refractivity contribution in [1.82, 2.24) is 15.2 Å². The van der Waals surface area contributed by atoms with E-state index in [9.17, 15) is 4.39 Å². The van der Waals surface area contributed by atoms with Gasteiger partial charge in [-0.05, 0) is 51.3 Å². The van der Waals surface area contributed by atoms with E-state index in [4.69, 9.17) is 0 Å². The maximum atomic E-state index is 12.9. The lowest BCUT2D eigenvalue weighted by Gasteiger charge is -2.37. The van der Waals surface area contributed by atoms with Gasteiger partial charge < -0.3 is 10.2 Å². The molecular formula is C16H26FN3. The molecule has 4 heteroatoms. The molecule has 1 N–H and O–H groups in total. The fourth-order valence-corrected chi connectivity index (χ4v) is 3.02. The van der Waals surface area contributed by atoms with Gasteiger partial charge in [-0.25, -0.2) is 4.39 Å². The molecule has 2 rings (SSSR count). The summed E-state index contributed by atoms with van der Waals surface area (Å²) in [5, 5.41) is 3.29. The monoisotopic (exact) mass is 279 g/mol. The predicted molar refractivity (Wildman–Crippen MR) is 80.0 cm³/mol. The van der Waals surface area contributed by atoms with E-state index in [0.717, 1.165) is 24.6 Å². The highest BCUT2D eigenvalue weighted by atomic mass is 19.1. The molecule has 3 atom stereocenters. The van der Waals surface area contributed by atoms with Crippen LogP contribution in [0.25, 0.3) is 0 Å². The Hall–Kier alpha value is -1.00. The molecule has 0 saturated carbocycles. The average Bonchev–Trinajstić information content (AvgIpc) is 2.45. The Morgan fingerprint density at radius 3 is 2.85 bits per heavy atom. The predicted octanol–water partition coefficient (Wildman–Crippen LogP) is 2.99. The normalized spacial score (nSPS) is 25.6. The van der Waals surface area contributed by atoms with E-state index in [0.29, 0.717) is 6.04 Å². The Morgan fingerprint density at radius 2 is 2.20 bits per heavy atom. The molecule has 0 amide bonds. The first-order chi connectivity index (χ1) is 9.60. The third-order valence-corrected chi connectivity index (χ3v) is 4.41. The first-order valence-electron chi connectivity index (χ1n) is 7.63. The van der Waals surface area contributed by atoms with Crippen LogP contribution in [0.2, 0.25) is 0 Å². The lowest BCUT2D eigenvalue weighted by molar-refractivity contribution is 0.119. The third-order valence-electron chi connectivity index (χ3n) is 4.41. The zero-order valence-electron chi connectivity index (χ0n) is 12.8. The van der Waals surface area contributed by atoms with Crippen LogP contribution < -0.4 is 5.32 Å². The molecule has 0 bridgehead atoms. The lowest BCUT2D eigenvalue weighted by atomic mass is 9.94. The number of aromatic nitrogens is 1. The van der Waals surface area contributed by atoms with Crippen LogP contribution in [0.5, 0.6) is 0 Å². The van der Waals surface area contributed by atoms with Crippen molar-refractivity contribution in [2.24, 2.45) is 5.92 Å². The molecule has 2 heterocycles. The summed E-state index contributed by atoms with van der Waals surface area (Å²) in [5.74, 6) is 0.519. The number of rotatable bonds is 5. The van der Waals surface area contributed by atoms with Crippen LogP contribution in [0.4, 0.5) is 4.39 Å². The standard InChI is InChI=1S/C16H26FN3/c1-12-4-5-13(2)20(11-12)9-8-15(18-3)16-7-6-14(17)10-19-16/h6-7,10,12-13,15,18H,4-5,8-9,11H2,1-3H3. The summed E-state index contributed by atoms with van der Waals surface area (Å²) in [7, 11) is 1.94. The van der Waals surface area contributed by atoms with Gasteiger partial charge in [0.1, 0.15) is 5.82 Å². The highest BCUT2D eigenvalue weighted by Crippen LogP contribution is 2.23. The van der Waals surface area contributed by atoms with E-state index in [-0.39, 0.29) is 11.9 Å². The van der Waals surface area contributed by atoms with E-state index in [2.05, 4.69) is 29.0 Å². The summed E-state index contributed by atoms with van der Waals surface area (Å²) in [6.07, 6.45) is 4.93. The summed E-state index contributed by atoms with van der Waals surface area (Å²) in [5.41, 5.74) is 0.923. The Labute approximate surface area is 121 Å². The molecule has 0 radical (unpaired) electrons. The van der Waals surface area contributed by atoms with Crippen LogP contribution in [-0.4, -0.2) is 36.1 Å². The molecule has 20 heavy (non-hydrogen) atoms. The molecular weight excluding hydrogens is 253 g/mol. The first kappa shape index (κ1) is 15.4. The number of pyridine rings is 1. The lowest BCUT2D eigenvalue weighted by Crippen LogP contribution is -2.42. The van der Waals surface area contributed by atoms with Gasteiger partial charge in [-0.15, -0.1) is 0 Å². The minimum absolute atomic E-state index is 0.194. The fourth-order valence-electron chi connectivity index (χ4n) is 3.02. The number of nitrogens with one attached hydrogen (secondary N) is 1. The quantitative estimate of drug-likeness (QED) is 0.898. The van der Waals surface area contributed by atoms with E-state index in [1.807, 2.05) is 7.05 Å². The average molecular weight is 279 g/mol. The van der Waals surface area contributed by atoms with Crippen LogP contribution in [-0.2, 0) is 0 Å². The van der Waals surface area contributed by atoms with Gasteiger partial charge in [-0.3, -0.25) is 4.98 Å². The van der Waals surface area contributed by atoms with Crippen molar-refractivity contribution in [3.05, 3.63) is 29.8 Å². The van der Waals surface area contributed by atoms with Crippen LogP contribution in [0, 0.1) is 11.7 Å². The Morgan fingerprint density at radius 1 is 1.40 bits per heavy atom. The first-order valence-corrected chi connectivity index (χ1v) is 7.63. The maximum absolute atomic E-state index is 12.9. The van der Waals surface area contributed by atoms with Crippen molar-refractivity contribution in [2.75, 3.05) is 20.1 Å². The maximum Gasteiger partial charge on any atom is 0.141 e. The van der Waals surface area contributed by atoms with Gasteiger partial charge in [0.15, 0.2) is 0 Å². The molecule has 1 aliphatic heterocycles. The van der Waals surface area contributed by atoms with Crippen LogP contribution >= 0.6 is 0 Å². The number of likely N-dealkylation sites (tertiary alicyclic amines) is 1. The largest absolute Gasteiger partial charge is 0.312 e. The van der Waals surface area contributed by atoms with E-state index < -0.39 is 0 Å². The molecule has 0 aliphatic carbocycles. The topological polar surface area (TPSA) is 28.2 Å². The molecule has 1 aromatic heterocycles. The SMILES string of the molecule is CNC(CCN1CC(C)CCC1C)c1ccc(F)cn1. The number of nitrogens with zero attached hydrogens (tertiary/aromatic N) is 2. The van der Waals surface area contributed by atoms with Gasteiger partial charge in [0.05, 0.1) is 17.9 Å². The van der Waals surface area contributed by atoms with Gasteiger partial charge in [-0.2, -0.15) is 0 Å². The molecule has 3 nitrogen and oxygen atoms in total. The number of hydrogen-bond donors (Lipinski definition) is 1. The molecule has 0 spiro atoms. The smallest absolute Gasteiger partial charge is 0.141 e. The van der Waals surface area contributed by atoms with E-state index in [1.54, 1.807) is 6.07 Å². The van der Waals surface area contributed by atoms with Crippen LogP contribution in [0.3, 0.4) is 0 Å². The van der Waals surface area contributed by atoms with Crippen molar-refractivity contribution in [3.8, 4) is 0 Å². The van der Waals surface area contributed by atoms with Crippen molar-refractivity contribution < 1.29 is 4.39 Å². The molecule has 112 valence electrons. The Bertz CT molecular complexity index is 407. The number of piperidine rings is 1. The van der Waals surface area contributed by atoms with Crippen molar-refractivity contribution in [1.29, 1.82) is 0 Å². The van der Waals surface area contributed by atoms with Gasteiger partial charge in [0.25, 0.3) is 0 Å². The van der Waals surface area contributed by atoms with Gasteiger partial charge in [-0.1, -0.05) is 6.92 Å². The molecule has 1 aromatic rings. The van der Waals surface area contributed by atoms with E-state index in [1.165, 1.54) is 31.6 Å². The van der Waals surface area contributed by atoms with Gasteiger partial charge in [0, 0.05) is 19.1 Å². The Kier molecular flexibility index (Phi) is 5.49. The summed E-state index contributed by atoms with van der Waals surface area (Å²) in [4.78, 5) is 6.76. The number of halogens is 1. The molecule has 0 aromatic carbocycles. The number of hydrogen-bond acceptors (Lipinski definition) is 3. The van der Waals surface area contributed by atoms with Crippen molar-refractivity contribution in [2.45, 2.75) is 45.2 Å². The summed E-state index contributed by atoms with van der Waals surface area (Å²) in [6, 6.07) is 4.13. The zero-order chi connectivity index (χ0) is 14.5. The second-order valence-electron chi connectivity index (χ2n) is 6.06. The van der Waals surface area contributed by atoms with Crippen LogP contribution in [0.15, 0.2) is 18.3 Å². The summed E-state index contributed by atoms with van der Waals surface area (Å²) < 4.78 is 12.9. The van der Waals surface area contributed by atoms with Gasteiger partial charge in [0.2, 0.25) is 0 Å². The van der Waals surface area contributed by atoms with Gasteiger partial charge >= 0.3 is 0 Å². The third kappa shape index (κ3) is 4.00. The highest BCUT2D eigenvalue weighted by molar-refractivity contribution is 5.09. The van der Waals surface area contributed by atoms with Crippen molar-refractivity contribution in [3.63, 3.8) is 0 Å². The van der Waals surface area contributed by atoms with Crippen molar-refractivity contribution >= 4 is 0 Å². The summed E-state index contributed by atoms with van der Waals surface area (Å²) in [6.45, 7) is 6.90. The minimum atomic E-state index is -0.276. The molecule has 1 fully saturated rings. The molecule has 1 saturated heterocycles. The highest BCUT2D eigenvalue weighted by Gasteiger charge is 2.23.